The van der Waals surface area contributed by atoms with E-state index < -0.39 is 0 Å². The number of nitrogens with zero attached hydrogens (tertiary/aromatic N) is 4. The Bertz CT molecular complexity index is 904. The van der Waals surface area contributed by atoms with Crippen LogP contribution >= 0.6 is 22.7 Å². The fourth-order valence-electron chi connectivity index (χ4n) is 2.28. The number of hydrogen-bond acceptors (Lipinski definition) is 8. The number of fused-ring (bicyclic) bond motifs is 1. The smallest absolute Gasteiger partial charge is 0.156 e. The van der Waals surface area contributed by atoms with E-state index in [1.165, 1.54) is 22.7 Å². The van der Waals surface area contributed by atoms with Gasteiger partial charge in [0.1, 0.15) is 32.9 Å². The summed E-state index contributed by atoms with van der Waals surface area (Å²) in [6.45, 7) is 0. The molecule has 0 aliphatic carbocycles. The Hall–Kier alpha value is -2.58. The lowest BCUT2D eigenvalue weighted by atomic mass is 10.3. The van der Waals surface area contributed by atoms with Gasteiger partial charge in [0, 0.05) is 12.4 Å². The summed E-state index contributed by atoms with van der Waals surface area (Å²) >= 11 is 2.97. The molecular weight excluding hydrogens is 344 g/mol. The molecule has 4 aromatic heterocycles. The highest BCUT2D eigenvalue weighted by molar-refractivity contribution is 7.29. The van der Waals surface area contributed by atoms with Gasteiger partial charge >= 0.3 is 0 Å². The summed E-state index contributed by atoms with van der Waals surface area (Å²) in [6, 6.07) is 7.41. The van der Waals surface area contributed by atoms with E-state index in [-0.39, 0.29) is 0 Å². The molecule has 8 heteroatoms. The van der Waals surface area contributed by atoms with Crippen LogP contribution in [0.4, 0.5) is 0 Å². The summed E-state index contributed by atoms with van der Waals surface area (Å²) in [5, 5.41) is 1.58. The molecule has 0 spiro atoms. The Balaban J connectivity index is 1.78. The van der Waals surface area contributed by atoms with Gasteiger partial charge in [0.2, 0.25) is 0 Å². The van der Waals surface area contributed by atoms with E-state index in [2.05, 4.69) is 19.9 Å². The predicted octanol–water partition coefficient (Wildman–Crippen LogP) is 3.89. The topological polar surface area (TPSA) is 70.0 Å². The zero-order chi connectivity index (χ0) is 16.5. The highest BCUT2D eigenvalue weighted by atomic mass is 32.1. The van der Waals surface area contributed by atoms with E-state index in [1.807, 2.05) is 24.3 Å². The van der Waals surface area contributed by atoms with Crippen LogP contribution in [0.5, 0.6) is 11.5 Å². The van der Waals surface area contributed by atoms with Crippen LogP contribution in [-0.2, 0) is 0 Å². The molecule has 0 unspecified atom stereocenters. The number of hydrogen-bond donors (Lipinski definition) is 0. The molecule has 0 aliphatic rings. The van der Waals surface area contributed by atoms with Gasteiger partial charge in [0.25, 0.3) is 0 Å². The van der Waals surface area contributed by atoms with Gasteiger partial charge in [-0.2, -0.15) is 0 Å². The van der Waals surface area contributed by atoms with E-state index in [9.17, 15) is 0 Å². The van der Waals surface area contributed by atoms with Crippen molar-refractivity contribution in [1.82, 2.24) is 19.9 Å². The number of pyridine rings is 2. The summed E-state index contributed by atoms with van der Waals surface area (Å²) in [5.74, 6) is 1.40. The van der Waals surface area contributed by atoms with Gasteiger partial charge in [-0.3, -0.25) is 0 Å². The molecule has 4 rings (SSSR count). The standard InChI is InChI=1S/C16H12N4O2S2/c1-21-9-5-3-7-17-11(9)13-19-15-16(23-13)20-14(24-15)12-10(22-2)6-4-8-18-12/h3-8H,1-2H3. The van der Waals surface area contributed by atoms with E-state index in [1.54, 1.807) is 26.6 Å². The van der Waals surface area contributed by atoms with Crippen molar-refractivity contribution in [2.45, 2.75) is 0 Å². The minimum Gasteiger partial charge on any atom is -0.494 e. The fraction of sp³-hybridized carbons (Fsp3) is 0.125. The summed E-state index contributed by atoms with van der Waals surface area (Å²) in [5.41, 5.74) is 1.46. The third-order valence-corrected chi connectivity index (χ3v) is 5.40. The number of thiazole rings is 2. The molecule has 24 heavy (non-hydrogen) atoms. The lowest BCUT2D eigenvalue weighted by Gasteiger charge is -2.03. The maximum atomic E-state index is 5.36. The van der Waals surface area contributed by atoms with Crippen LogP contribution in [0, 0.1) is 0 Å². The average Bonchev–Trinajstić information content (AvgIpc) is 3.20. The number of rotatable bonds is 4. The number of aromatic nitrogens is 4. The van der Waals surface area contributed by atoms with Crippen molar-refractivity contribution in [3.05, 3.63) is 36.7 Å². The maximum absolute atomic E-state index is 5.36. The molecule has 0 saturated heterocycles. The van der Waals surface area contributed by atoms with Crippen molar-refractivity contribution < 1.29 is 9.47 Å². The Morgan fingerprint density at radius 2 is 1.21 bits per heavy atom. The maximum Gasteiger partial charge on any atom is 0.156 e. The molecule has 0 aliphatic heterocycles. The van der Waals surface area contributed by atoms with Gasteiger partial charge in [-0.05, 0) is 24.3 Å². The van der Waals surface area contributed by atoms with Gasteiger partial charge in [0.05, 0.1) is 14.2 Å². The minimum absolute atomic E-state index is 0.700. The Morgan fingerprint density at radius 3 is 1.62 bits per heavy atom. The second-order valence-electron chi connectivity index (χ2n) is 4.76. The molecule has 0 aromatic carbocycles. The van der Waals surface area contributed by atoms with Gasteiger partial charge in [0.15, 0.2) is 9.66 Å². The summed E-state index contributed by atoms with van der Waals surface area (Å²) in [7, 11) is 3.25. The minimum atomic E-state index is 0.700. The molecular formula is C16H12N4O2S2. The molecule has 0 bridgehead atoms. The molecule has 4 aromatic rings. The zero-order valence-electron chi connectivity index (χ0n) is 12.9. The Labute approximate surface area is 145 Å². The highest BCUT2D eigenvalue weighted by Crippen LogP contribution is 2.39. The monoisotopic (exact) mass is 356 g/mol. The molecule has 0 fully saturated rings. The molecule has 0 radical (unpaired) electrons. The summed E-state index contributed by atoms with van der Waals surface area (Å²) in [6.07, 6.45) is 3.45. The van der Waals surface area contributed by atoms with Crippen LogP contribution in [0.15, 0.2) is 36.7 Å². The normalized spacial score (nSPS) is 10.9. The van der Waals surface area contributed by atoms with E-state index in [0.717, 1.165) is 31.1 Å². The molecule has 0 N–H and O–H groups in total. The average molecular weight is 356 g/mol. The van der Waals surface area contributed by atoms with E-state index in [0.29, 0.717) is 11.5 Å². The van der Waals surface area contributed by atoms with Crippen molar-refractivity contribution in [1.29, 1.82) is 0 Å². The lowest BCUT2D eigenvalue weighted by Crippen LogP contribution is -1.90. The molecule has 4 heterocycles. The fourth-order valence-corrected chi connectivity index (χ4v) is 4.32. The Kier molecular flexibility index (Phi) is 3.83. The van der Waals surface area contributed by atoms with Crippen LogP contribution in [0.1, 0.15) is 0 Å². The van der Waals surface area contributed by atoms with Gasteiger partial charge in [-0.25, -0.2) is 19.9 Å². The first-order chi connectivity index (χ1) is 11.8. The number of ether oxygens (including phenoxy) is 2. The molecule has 0 atom stereocenters. The predicted molar refractivity (Wildman–Crippen MR) is 94.9 cm³/mol. The first-order valence-corrected chi connectivity index (χ1v) is 8.69. The quantitative estimate of drug-likeness (QED) is 0.552. The Morgan fingerprint density at radius 1 is 0.750 bits per heavy atom. The van der Waals surface area contributed by atoms with Crippen LogP contribution in [-0.4, -0.2) is 34.2 Å². The zero-order valence-corrected chi connectivity index (χ0v) is 14.5. The molecule has 0 amide bonds. The lowest BCUT2D eigenvalue weighted by molar-refractivity contribution is 0.414. The molecule has 0 saturated carbocycles. The first-order valence-electron chi connectivity index (χ1n) is 7.06. The van der Waals surface area contributed by atoms with E-state index >= 15 is 0 Å². The molecule has 6 nitrogen and oxygen atoms in total. The van der Waals surface area contributed by atoms with Gasteiger partial charge in [-0.15, -0.1) is 0 Å². The summed E-state index contributed by atoms with van der Waals surface area (Å²) < 4.78 is 10.7. The number of methoxy groups -OCH3 is 2. The SMILES string of the molecule is COc1cccnc1-c1nc2sc(-c3ncccc3OC)nc2s1. The summed E-state index contributed by atoms with van der Waals surface area (Å²) in [4.78, 5) is 19.8. The van der Waals surface area contributed by atoms with Crippen molar-refractivity contribution in [2.75, 3.05) is 14.2 Å². The van der Waals surface area contributed by atoms with E-state index in [4.69, 9.17) is 9.47 Å². The van der Waals surface area contributed by atoms with Gasteiger partial charge < -0.3 is 9.47 Å². The van der Waals surface area contributed by atoms with Crippen LogP contribution < -0.4 is 9.47 Å². The van der Waals surface area contributed by atoms with Crippen molar-refractivity contribution in [3.8, 4) is 32.9 Å². The van der Waals surface area contributed by atoms with Crippen molar-refractivity contribution >= 4 is 32.3 Å². The van der Waals surface area contributed by atoms with Gasteiger partial charge in [-0.1, -0.05) is 22.7 Å². The van der Waals surface area contributed by atoms with Crippen LogP contribution in [0.3, 0.4) is 0 Å². The second-order valence-corrected chi connectivity index (χ2v) is 6.71. The van der Waals surface area contributed by atoms with Crippen LogP contribution in [0.25, 0.3) is 31.1 Å². The van der Waals surface area contributed by atoms with Crippen molar-refractivity contribution in [3.63, 3.8) is 0 Å². The highest BCUT2D eigenvalue weighted by Gasteiger charge is 2.18. The molecule has 120 valence electrons. The first kappa shape index (κ1) is 15.0. The third-order valence-electron chi connectivity index (χ3n) is 3.36. The third kappa shape index (κ3) is 2.49. The largest absolute Gasteiger partial charge is 0.494 e. The van der Waals surface area contributed by atoms with Crippen LogP contribution in [0.2, 0.25) is 0 Å². The second kappa shape index (κ2) is 6.14. The van der Waals surface area contributed by atoms with Crippen molar-refractivity contribution in [2.24, 2.45) is 0 Å².